The first-order valence-electron chi connectivity index (χ1n) is 8.95. The van der Waals surface area contributed by atoms with E-state index in [4.69, 9.17) is 4.74 Å². The molecule has 0 unspecified atom stereocenters. The van der Waals surface area contributed by atoms with Crippen molar-refractivity contribution in [2.75, 3.05) is 18.7 Å². The lowest BCUT2D eigenvalue weighted by atomic mass is 9.79. The highest BCUT2D eigenvalue weighted by Gasteiger charge is 2.18. The van der Waals surface area contributed by atoms with E-state index in [1.165, 1.54) is 12.0 Å². The van der Waals surface area contributed by atoms with Gasteiger partial charge in [-0.2, -0.15) is 5.10 Å². The summed E-state index contributed by atoms with van der Waals surface area (Å²) >= 11 is 1.65. The second kappa shape index (κ2) is 8.68. The van der Waals surface area contributed by atoms with Gasteiger partial charge >= 0.3 is 7.12 Å². The molecule has 0 saturated carbocycles. The van der Waals surface area contributed by atoms with E-state index in [2.05, 4.69) is 35.8 Å². The number of anilines is 1. The molecule has 0 amide bonds. The second-order valence-corrected chi connectivity index (χ2v) is 8.12. The van der Waals surface area contributed by atoms with Crippen LogP contribution in [0.3, 0.4) is 0 Å². The Hall–Kier alpha value is -2.49. The Morgan fingerprint density at radius 2 is 2.07 bits per heavy atom. The SMILES string of the molecule is COc1cc(/C=N/N(CC(C)C)c2ncnc3cc(C)sc23)ccc1B(O)O. The lowest BCUT2D eigenvalue weighted by Gasteiger charge is -2.20. The van der Waals surface area contributed by atoms with Crippen LogP contribution in [0.4, 0.5) is 5.82 Å². The molecular weight excluding hydrogens is 375 g/mol. The number of aryl methyl sites for hydroxylation is 1. The number of thiophene rings is 1. The van der Waals surface area contributed by atoms with Gasteiger partial charge in [0.1, 0.15) is 12.1 Å². The van der Waals surface area contributed by atoms with Gasteiger partial charge in [-0.05, 0) is 30.5 Å². The molecule has 0 atom stereocenters. The van der Waals surface area contributed by atoms with Crippen molar-refractivity contribution in [1.82, 2.24) is 9.97 Å². The maximum absolute atomic E-state index is 9.42. The lowest BCUT2D eigenvalue weighted by molar-refractivity contribution is 0.403. The predicted octanol–water partition coefficient (Wildman–Crippen LogP) is 2.18. The van der Waals surface area contributed by atoms with Crippen LogP contribution in [-0.2, 0) is 0 Å². The van der Waals surface area contributed by atoms with Gasteiger partial charge in [0.15, 0.2) is 5.82 Å². The monoisotopic (exact) mass is 398 g/mol. The Bertz CT molecular complexity index is 990. The zero-order valence-electron chi connectivity index (χ0n) is 16.3. The van der Waals surface area contributed by atoms with Crippen molar-refractivity contribution in [3.63, 3.8) is 0 Å². The molecule has 0 aliphatic heterocycles. The normalized spacial score (nSPS) is 11.5. The van der Waals surface area contributed by atoms with Crippen molar-refractivity contribution in [2.45, 2.75) is 20.8 Å². The Kier molecular flexibility index (Phi) is 6.28. The number of hydrazone groups is 1. The molecular formula is C19H23BN4O3S. The molecule has 0 bridgehead atoms. The third-order valence-electron chi connectivity index (χ3n) is 4.08. The van der Waals surface area contributed by atoms with E-state index in [9.17, 15) is 10.0 Å². The van der Waals surface area contributed by atoms with Gasteiger partial charge in [0.2, 0.25) is 0 Å². The first kappa shape index (κ1) is 20.3. The molecule has 1 aromatic carbocycles. The number of rotatable bonds is 7. The molecule has 3 rings (SSSR count). The number of ether oxygens (including phenoxy) is 1. The van der Waals surface area contributed by atoms with Gasteiger partial charge in [-0.3, -0.25) is 0 Å². The average molecular weight is 398 g/mol. The van der Waals surface area contributed by atoms with Gasteiger partial charge in [-0.25, -0.2) is 15.0 Å². The number of aromatic nitrogens is 2. The van der Waals surface area contributed by atoms with Gasteiger partial charge in [-0.15, -0.1) is 11.3 Å². The molecule has 0 aliphatic rings. The summed E-state index contributed by atoms with van der Waals surface area (Å²) in [6.45, 7) is 7.00. The summed E-state index contributed by atoms with van der Waals surface area (Å²) in [6.07, 6.45) is 3.28. The van der Waals surface area contributed by atoms with Crippen molar-refractivity contribution in [2.24, 2.45) is 11.0 Å². The number of hydrogen-bond donors (Lipinski definition) is 2. The second-order valence-electron chi connectivity index (χ2n) is 6.86. The van der Waals surface area contributed by atoms with E-state index in [0.29, 0.717) is 23.7 Å². The van der Waals surface area contributed by atoms with Crippen molar-refractivity contribution in [3.8, 4) is 5.75 Å². The maximum Gasteiger partial charge on any atom is 0.492 e. The first-order valence-corrected chi connectivity index (χ1v) is 9.77. The average Bonchev–Trinajstić information content (AvgIpc) is 3.04. The molecule has 0 saturated heterocycles. The van der Waals surface area contributed by atoms with Gasteiger partial charge in [-0.1, -0.05) is 26.0 Å². The highest BCUT2D eigenvalue weighted by atomic mass is 32.1. The molecule has 9 heteroatoms. The van der Waals surface area contributed by atoms with Crippen LogP contribution in [0.2, 0.25) is 0 Å². The maximum atomic E-state index is 9.42. The molecule has 0 spiro atoms. The molecule has 146 valence electrons. The number of hydrogen-bond acceptors (Lipinski definition) is 8. The fraction of sp³-hybridized carbons (Fsp3) is 0.316. The third-order valence-corrected chi connectivity index (χ3v) is 5.12. The Labute approximate surface area is 168 Å². The summed E-state index contributed by atoms with van der Waals surface area (Å²) in [6, 6.07) is 7.14. The number of benzene rings is 1. The van der Waals surface area contributed by atoms with Crippen molar-refractivity contribution in [3.05, 3.63) is 41.0 Å². The van der Waals surface area contributed by atoms with E-state index >= 15 is 0 Å². The summed E-state index contributed by atoms with van der Waals surface area (Å²) in [5, 5.41) is 25.4. The Morgan fingerprint density at radius 1 is 1.29 bits per heavy atom. The summed E-state index contributed by atoms with van der Waals surface area (Å²) in [5.41, 5.74) is 2.01. The van der Waals surface area contributed by atoms with Crippen molar-refractivity contribution < 1.29 is 14.8 Å². The van der Waals surface area contributed by atoms with Gasteiger partial charge < -0.3 is 14.8 Å². The molecule has 2 aromatic heterocycles. The van der Waals surface area contributed by atoms with Crippen LogP contribution in [0.25, 0.3) is 10.2 Å². The van der Waals surface area contributed by atoms with Crippen LogP contribution >= 0.6 is 11.3 Å². The minimum Gasteiger partial charge on any atom is -0.497 e. The molecule has 2 heterocycles. The van der Waals surface area contributed by atoms with E-state index in [1.54, 1.807) is 42.1 Å². The summed E-state index contributed by atoms with van der Waals surface area (Å²) in [7, 11) is -0.0982. The lowest BCUT2D eigenvalue weighted by Crippen LogP contribution is -2.31. The van der Waals surface area contributed by atoms with Crippen LogP contribution in [-0.4, -0.2) is 47.0 Å². The van der Waals surface area contributed by atoms with Crippen LogP contribution < -0.4 is 15.2 Å². The quantitative estimate of drug-likeness (QED) is 0.360. The minimum atomic E-state index is -1.59. The predicted molar refractivity (Wildman–Crippen MR) is 115 cm³/mol. The molecule has 3 aromatic rings. The summed E-state index contributed by atoms with van der Waals surface area (Å²) in [5.74, 6) is 1.56. The minimum absolute atomic E-state index is 0.310. The highest BCUT2D eigenvalue weighted by Crippen LogP contribution is 2.31. The largest absolute Gasteiger partial charge is 0.497 e. The molecule has 0 fully saturated rings. The van der Waals surface area contributed by atoms with Crippen LogP contribution in [0, 0.1) is 12.8 Å². The smallest absolute Gasteiger partial charge is 0.492 e. The van der Waals surface area contributed by atoms with E-state index in [0.717, 1.165) is 21.6 Å². The molecule has 0 aliphatic carbocycles. The standard InChI is InChI=1S/C19H23BN4O3S/c1-12(2)10-24(19-18-16(21-11-22-19)7-13(3)28-18)23-9-14-5-6-15(20(25)26)17(8-14)27-4/h5-9,11-12,25-26H,10H2,1-4H3/b23-9+. The van der Waals surface area contributed by atoms with Crippen molar-refractivity contribution in [1.29, 1.82) is 0 Å². The van der Waals surface area contributed by atoms with Gasteiger partial charge in [0.25, 0.3) is 0 Å². The zero-order valence-corrected chi connectivity index (χ0v) is 17.1. The van der Waals surface area contributed by atoms with Crippen LogP contribution in [0.15, 0.2) is 35.7 Å². The molecule has 28 heavy (non-hydrogen) atoms. The van der Waals surface area contributed by atoms with Crippen molar-refractivity contribution >= 4 is 46.2 Å². The Balaban J connectivity index is 1.97. The number of fused-ring (bicyclic) bond motifs is 1. The van der Waals surface area contributed by atoms with Crippen LogP contribution in [0.1, 0.15) is 24.3 Å². The zero-order chi connectivity index (χ0) is 20.3. The van der Waals surface area contributed by atoms with E-state index in [-0.39, 0.29) is 0 Å². The summed E-state index contributed by atoms with van der Waals surface area (Å²) in [4.78, 5) is 10.0. The molecule has 2 N–H and O–H groups in total. The van der Waals surface area contributed by atoms with Gasteiger partial charge in [0, 0.05) is 16.9 Å². The topological polar surface area (TPSA) is 91.1 Å². The molecule has 7 nitrogen and oxygen atoms in total. The van der Waals surface area contributed by atoms with E-state index < -0.39 is 7.12 Å². The Morgan fingerprint density at radius 3 is 2.75 bits per heavy atom. The third kappa shape index (κ3) is 4.49. The summed E-state index contributed by atoms with van der Waals surface area (Å²) < 4.78 is 6.26. The van der Waals surface area contributed by atoms with Gasteiger partial charge in [0.05, 0.1) is 23.5 Å². The van der Waals surface area contributed by atoms with E-state index in [1.807, 2.05) is 11.1 Å². The molecule has 0 radical (unpaired) electrons. The highest BCUT2D eigenvalue weighted by molar-refractivity contribution is 7.19. The number of nitrogens with zero attached hydrogens (tertiary/aromatic N) is 4. The first-order chi connectivity index (χ1) is 13.4. The fourth-order valence-electron chi connectivity index (χ4n) is 2.84. The number of methoxy groups -OCH3 is 1. The van der Waals surface area contributed by atoms with Crippen LogP contribution in [0.5, 0.6) is 5.75 Å². The fourth-order valence-corrected chi connectivity index (χ4v) is 3.80.